The molecule has 0 bridgehead atoms. The quantitative estimate of drug-likeness (QED) is 0.718. The van der Waals surface area contributed by atoms with E-state index < -0.39 is 0 Å². The number of rotatable bonds is 2. The molecule has 0 N–H and O–H groups in total. The first-order valence-electron chi connectivity index (χ1n) is 6.24. The molecule has 0 aliphatic heterocycles. The van der Waals surface area contributed by atoms with Crippen LogP contribution in [0.4, 0.5) is 0 Å². The summed E-state index contributed by atoms with van der Waals surface area (Å²) in [7, 11) is 1.62. The first-order chi connectivity index (χ1) is 9.60. The van der Waals surface area contributed by atoms with Crippen molar-refractivity contribution in [1.29, 1.82) is 0 Å². The highest BCUT2D eigenvalue weighted by molar-refractivity contribution is 5.81. The van der Waals surface area contributed by atoms with Gasteiger partial charge in [0, 0.05) is 6.07 Å². The first-order valence-corrected chi connectivity index (χ1v) is 6.24. The number of ether oxygens (including phenoxy) is 1. The lowest BCUT2D eigenvalue weighted by Gasteiger charge is -2.04. The van der Waals surface area contributed by atoms with Gasteiger partial charge in [-0.2, -0.15) is 9.78 Å². The number of methoxy groups -OCH3 is 1. The van der Waals surface area contributed by atoms with E-state index in [9.17, 15) is 4.79 Å². The van der Waals surface area contributed by atoms with Crippen LogP contribution in [0.2, 0.25) is 0 Å². The normalized spacial score (nSPS) is 10.9. The van der Waals surface area contributed by atoms with E-state index in [1.807, 2.05) is 38.1 Å². The number of benzene rings is 1. The third kappa shape index (κ3) is 1.87. The van der Waals surface area contributed by atoms with Gasteiger partial charge in [0.15, 0.2) is 0 Å². The van der Waals surface area contributed by atoms with Gasteiger partial charge in [-0.3, -0.25) is 0 Å². The van der Waals surface area contributed by atoms with E-state index >= 15 is 0 Å². The number of hydrogen-bond donors (Lipinski definition) is 0. The van der Waals surface area contributed by atoms with E-state index in [1.165, 1.54) is 6.07 Å². The van der Waals surface area contributed by atoms with Gasteiger partial charge in [0.2, 0.25) is 5.71 Å². The summed E-state index contributed by atoms with van der Waals surface area (Å²) >= 11 is 0. The van der Waals surface area contributed by atoms with E-state index in [4.69, 9.17) is 9.15 Å². The molecule has 0 unspecified atom stereocenters. The first kappa shape index (κ1) is 12.5. The molecule has 0 saturated carbocycles. The van der Waals surface area contributed by atoms with E-state index in [1.54, 1.807) is 11.8 Å². The predicted octanol–water partition coefficient (Wildman–Crippen LogP) is 2.60. The average Bonchev–Trinajstić information content (AvgIpc) is 2.76. The van der Waals surface area contributed by atoms with Crippen LogP contribution in [0.1, 0.15) is 11.3 Å². The molecule has 2 aromatic heterocycles. The number of aromatic nitrogens is 2. The SMILES string of the molecule is COc1ccc(-n2nc(C)c3c(C)cc(=O)oc32)cc1. The fourth-order valence-electron chi connectivity index (χ4n) is 2.33. The Morgan fingerprint density at radius 3 is 2.55 bits per heavy atom. The molecule has 20 heavy (non-hydrogen) atoms. The lowest BCUT2D eigenvalue weighted by atomic mass is 10.2. The van der Waals surface area contributed by atoms with Crippen molar-refractivity contribution in [1.82, 2.24) is 9.78 Å². The molecule has 5 heteroatoms. The summed E-state index contributed by atoms with van der Waals surface area (Å²) < 4.78 is 12.1. The standard InChI is InChI=1S/C15H14N2O3/c1-9-8-13(18)20-15-14(9)10(2)16-17(15)11-4-6-12(19-3)7-5-11/h4-8H,1-3H3. The molecule has 0 saturated heterocycles. The smallest absolute Gasteiger partial charge is 0.337 e. The fourth-order valence-corrected chi connectivity index (χ4v) is 2.33. The summed E-state index contributed by atoms with van der Waals surface area (Å²) in [5.74, 6) is 0.763. The van der Waals surface area contributed by atoms with Crippen molar-refractivity contribution in [2.45, 2.75) is 13.8 Å². The monoisotopic (exact) mass is 270 g/mol. The molecular formula is C15H14N2O3. The summed E-state index contributed by atoms with van der Waals surface area (Å²) in [6.45, 7) is 3.78. The van der Waals surface area contributed by atoms with Crippen LogP contribution in [-0.4, -0.2) is 16.9 Å². The maximum absolute atomic E-state index is 11.6. The minimum absolute atomic E-state index is 0.371. The van der Waals surface area contributed by atoms with Crippen molar-refractivity contribution in [2.24, 2.45) is 0 Å². The van der Waals surface area contributed by atoms with Gasteiger partial charge in [0.25, 0.3) is 0 Å². The molecular weight excluding hydrogens is 256 g/mol. The van der Waals surface area contributed by atoms with Gasteiger partial charge in [0.05, 0.1) is 23.9 Å². The Bertz CT molecular complexity index is 829. The molecule has 0 radical (unpaired) electrons. The molecule has 5 nitrogen and oxygen atoms in total. The van der Waals surface area contributed by atoms with Gasteiger partial charge in [-0.15, -0.1) is 0 Å². The maximum atomic E-state index is 11.6. The van der Waals surface area contributed by atoms with Crippen molar-refractivity contribution in [3.05, 3.63) is 52.0 Å². The molecule has 0 amide bonds. The van der Waals surface area contributed by atoms with Crippen LogP contribution in [0.3, 0.4) is 0 Å². The van der Waals surface area contributed by atoms with Crippen LogP contribution in [0.5, 0.6) is 5.75 Å². The second-order valence-corrected chi connectivity index (χ2v) is 4.62. The molecule has 0 spiro atoms. The molecule has 3 rings (SSSR count). The van der Waals surface area contributed by atoms with Gasteiger partial charge in [-0.1, -0.05) is 0 Å². The third-order valence-corrected chi connectivity index (χ3v) is 3.26. The summed E-state index contributed by atoms with van der Waals surface area (Å²) in [6, 6.07) is 8.90. The van der Waals surface area contributed by atoms with Crippen molar-refractivity contribution in [2.75, 3.05) is 7.11 Å². The third-order valence-electron chi connectivity index (χ3n) is 3.26. The summed E-state index contributed by atoms with van der Waals surface area (Å²) in [5, 5.41) is 5.34. The summed E-state index contributed by atoms with van der Waals surface area (Å²) in [5.41, 5.74) is 2.62. The highest BCUT2D eigenvalue weighted by atomic mass is 16.5. The molecule has 0 atom stereocenters. The molecule has 0 aliphatic carbocycles. The predicted molar refractivity (Wildman–Crippen MR) is 75.6 cm³/mol. The van der Waals surface area contributed by atoms with Gasteiger partial charge >= 0.3 is 5.63 Å². The zero-order valence-corrected chi connectivity index (χ0v) is 11.5. The van der Waals surface area contributed by atoms with Crippen LogP contribution in [0.15, 0.2) is 39.5 Å². The largest absolute Gasteiger partial charge is 0.497 e. The van der Waals surface area contributed by atoms with E-state index in [0.717, 1.165) is 28.1 Å². The Hall–Kier alpha value is -2.56. The minimum Gasteiger partial charge on any atom is -0.497 e. The molecule has 3 aromatic rings. The summed E-state index contributed by atoms with van der Waals surface area (Å²) in [4.78, 5) is 11.6. The van der Waals surface area contributed by atoms with Crippen LogP contribution in [0, 0.1) is 13.8 Å². The Labute approximate surface area is 115 Å². The zero-order chi connectivity index (χ0) is 14.3. The molecule has 2 heterocycles. The Morgan fingerprint density at radius 1 is 1.20 bits per heavy atom. The average molecular weight is 270 g/mol. The van der Waals surface area contributed by atoms with Crippen molar-refractivity contribution in [3.8, 4) is 11.4 Å². The van der Waals surface area contributed by atoms with Crippen LogP contribution in [0.25, 0.3) is 16.8 Å². The summed E-state index contributed by atoms with van der Waals surface area (Å²) in [6.07, 6.45) is 0. The Morgan fingerprint density at radius 2 is 1.90 bits per heavy atom. The van der Waals surface area contributed by atoms with Gasteiger partial charge in [0.1, 0.15) is 5.75 Å². The molecule has 0 aliphatic rings. The van der Waals surface area contributed by atoms with Gasteiger partial charge < -0.3 is 9.15 Å². The van der Waals surface area contributed by atoms with Crippen LogP contribution in [-0.2, 0) is 0 Å². The highest BCUT2D eigenvalue weighted by Gasteiger charge is 2.14. The number of hydrogen-bond acceptors (Lipinski definition) is 4. The van der Waals surface area contributed by atoms with E-state index in [-0.39, 0.29) is 5.63 Å². The number of aryl methyl sites for hydroxylation is 2. The topological polar surface area (TPSA) is 57.3 Å². The van der Waals surface area contributed by atoms with Gasteiger partial charge in [-0.25, -0.2) is 4.79 Å². The Balaban J connectivity index is 2.28. The number of nitrogens with zero attached hydrogens (tertiary/aromatic N) is 2. The lowest BCUT2D eigenvalue weighted by molar-refractivity contribution is 0.414. The molecule has 0 fully saturated rings. The van der Waals surface area contributed by atoms with Crippen LogP contribution >= 0.6 is 0 Å². The van der Waals surface area contributed by atoms with Crippen molar-refractivity contribution >= 4 is 11.1 Å². The second-order valence-electron chi connectivity index (χ2n) is 4.62. The maximum Gasteiger partial charge on any atom is 0.337 e. The van der Waals surface area contributed by atoms with Crippen LogP contribution < -0.4 is 10.4 Å². The zero-order valence-electron chi connectivity index (χ0n) is 11.5. The van der Waals surface area contributed by atoms with E-state index in [0.29, 0.717) is 5.71 Å². The molecule has 1 aromatic carbocycles. The highest BCUT2D eigenvalue weighted by Crippen LogP contribution is 2.24. The second kappa shape index (κ2) is 4.52. The fraction of sp³-hybridized carbons (Fsp3) is 0.200. The molecule has 102 valence electrons. The Kier molecular flexibility index (Phi) is 2.82. The number of fused-ring (bicyclic) bond motifs is 1. The lowest BCUT2D eigenvalue weighted by Crippen LogP contribution is -2.01. The van der Waals surface area contributed by atoms with Gasteiger partial charge in [-0.05, 0) is 43.7 Å². The van der Waals surface area contributed by atoms with E-state index in [2.05, 4.69) is 5.10 Å². The minimum atomic E-state index is -0.371. The van der Waals surface area contributed by atoms with Crippen molar-refractivity contribution in [3.63, 3.8) is 0 Å². The van der Waals surface area contributed by atoms with Crippen molar-refractivity contribution < 1.29 is 9.15 Å².